The zero-order valence-electron chi connectivity index (χ0n) is 12.0. The Hall–Kier alpha value is -2.18. The molecule has 0 bridgehead atoms. The van der Waals surface area contributed by atoms with Crippen molar-refractivity contribution in [3.8, 4) is 5.95 Å². The minimum absolute atomic E-state index is 0.201. The predicted octanol–water partition coefficient (Wildman–Crippen LogP) is 2.02. The molecule has 7 heteroatoms. The van der Waals surface area contributed by atoms with Crippen molar-refractivity contribution in [2.75, 3.05) is 11.1 Å². The summed E-state index contributed by atoms with van der Waals surface area (Å²) in [6, 6.07) is 0.305. The minimum Gasteiger partial charge on any atom is -0.368 e. The molecule has 20 heavy (non-hydrogen) atoms. The van der Waals surface area contributed by atoms with E-state index in [0.717, 1.165) is 6.42 Å². The Bertz CT molecular complexity index is 524. The highest BCUT2D eigenvalue weighted by atomic mass is 15.3. The fourth-order valence-electron chi connectivity index (χ4n) is 1.93. The SMILES string of the molecule is CCCCCC(C)Nc1nc(N)nc(-n2ccnc2)n1. The fourth-order valence-corrected chi connectivity index (χ4v) is 1.93. The second-order valence-electron chi connectivity index (χ2n) is 4.83. The van der Waals surface area contributed by atoms with Crippen LogP contribution in [0.25, 0.3) is 5.95 Å². The van der Waals surface area contributed by atoms with E-state index in [0.29, 0.717) is 17.9 Å². The average Bonchev–Trinajstić information content (AvgIpc) is 2.92. The van der Waals surface area contributed by atoms with Gasteiger partial charge in [0.25, 0.3) is 0 Å². The van der Waals surface area contributed by atoms with E-state index in [1.165, 1.54) is 19.3 Å². The molecule has 2 rings (SSSR count). The lowest BCUT2D eigenvalue weighted by atomic mass is 10.1. The molecule has 0 amide bonds. The summed E-state index contributed by atoms with van der Waals surface area (Å²) in [5, 5.41) is 3.27. The Labute approximate surface area is 118 Å². The van der Waals surface area contributed by atoms with E-state index in [1.54, 1.807) is 23.3 Å². The fraction of sp³-hybridized carbons (Fsp3) is 0.538. The highest BCUT2D eigenvalue weighted by molar-refractivity contribution is 5.35. The standard InChI is InChI=1S/C13H21N7/c1-3-4-5-6-10(2)16-12-17-11(14)18-13(19-12)20-8-7-15-9-20/h7-10H,3-6H2,1-2H3,(H3,14,16,17,18,19). The second-order valence-corrected chi connectivity index (χ2v) is 4.83. The topological polar surface area (TPSA) is 94.5 Å². The summed E-state index contributed by atoms with van der Waals surface area (Å²) in [6.07, 6.45) is 9.80. The maximum absolute atomic E-state index is 5.73. The molecule has 2 aromatic rings. The third-order valence-corrected chi connectivity index (χ3v) is 2.99. The Morgan fingerprint density at radius 2 is 2.15 bits per heavy atom. The number of hydrogen-bond acceptors (Lipinski definition) is 6. The van der Waals surface area contributed by atoms with Crippen LogP contribution in [0.2, 0.25) is 0 Å². The summed E-state index contributed by atoms with van der Waals surface area (Å²) in [6.45, 7) is 4.31. The van der Waals surface area contributed by atoms with Crippen molar-refractivity contribution in [2.24, 2.45) is 0 Å². The zero-order valence-corrected chi connectivity index (χ0v) is 12.0. The Morgan fingerprint density at radius 3 is 2.85 bits per heavy atom. The van der Waals surface area contributed by atoms with Crippen molar-refractivity contribution in [1.29, 1.82) is 0 Å². The maximum Gasteiger partial charge on any atom is 0.241 e. The van der Waals surface area contributed by atoms with E-state index in [1.807, 2.05) is 0 Å². The summed E-state index contributed by atoms with van der Waals surface area (Å²) >= 11 is 0. The number of anilines is 2. The van der Waals surface area contributed by atoms with Gasteiger partial charge in [-0.05, 0) is 13.3 Å². The van der Waals surface area contributed by atoms with Crippen LogP contribution in [0.15, 0.2) is 18.7 Å². The van der Waals surface area contributed by atoms with Crippen LogP contribution in [0.5, 0.6) is 0 Å². The van der Waals surface area contributed by atoms with Gasteiger partial charge in [-0.3, -0.25) is 4.57 Å². The molecule has 0 fully saturated rings. The molecule has 3 N–H and O–H groups in total. The number of nitrogen functional groups attached to an aromatic ring is 1. The molecule has 0 spiro atoms. The number of nitrogens with two attached hydrogens (primary N) is 1. The van der Waals surface area contributed by atoms with Crippen molar-refractivity contribution < 1.29 is 0 Å². The van der Waals surface area contributed by atoms with E-state index in [4.69, 9.17) is 5.73 Å². The molecule has 2 heterocycles. The van der Waals surface area contributed by atoms with Gasteiger partial charge in [0.15, 0.2) is 0 Å². The average molecular weight is 275 g/mol. The summed E-state index contributed by atoms with van der Waals surface area (Å²) in [5.74, 6) is 1.18. The van der Waals surface area contributed by atoms with Crippen LogP contribution in [-0.2, 0) is 0 Å². The maximum atomic E-state index is 5.73. The van der Waals surface area contributed by atoms with Crippen molar-refractivity contribution >= 4 is 11.9 Å². The van der Waals surface area contributed by atoms with Gasteiger partial charge in [0.05, 0.1) is 0 Å². The first-order valence-corrected chi connectivity index (χ1v) is 6.95. The molecule has 7 nitrogen and oxygen atoms in total. The molecule has 0 aliphatic rings. The lowest BCUT2D eigenvalue weighted by Crippen LogP contribution is -2.18. The molecule has 2 aromatic heterocycles. The summed E-state index contributed by atoms with van der Waals surface area (Å²) in [5.41, 5.74) is 5.73. The van der Waals surface area contributed by atoms with Gasteiger partial charge in [0, 0.05) is 18.4 Å². The van der Waals surface area contributed by atoms with E-state index in [9.17, 15) is 0 Å². The largest absolute Gasteiger partial charge is 0.368 e. The van der Waals surface area contributed by atoms with Gasteiger partial charge in [-0.1, -0.05) is 26.2 Å². The van der Waals surface area contributed by atoms with Gasteiger partial charge in [-0.2, -0.15) is 15.0 Å². The summed E-state index contributed by atoms with van der Waals surface area (Å²) in [4.78, 5) is 16.5. The lowest BCUT2D eigenvalue weighted by molar-refractivity contribution is 0.611. The molecule has 0 radical (unpaired) electrons. The number of unbranched alkanes of at least 4 members (excludes halogenated alkanes) is 2. The molecule has 108 valence electrons. The Kier molecular flexibility index (Phi) is 4.86. The Balaban J connectivity index is 2.05. The number of nitrogens with one attached hydrogen (secondary N) is 1. The van der Waals surface area contributed by atoms with Crippen molar-refractivity contribution in [1.82, 2.24) is 24.5 Å². The van der Waals surface area contributed by atoms with Crippen molar-refractivity contribution in [3.63, 3.8) is 0 Å². The molecule has 1 unspecified atom stereocenters. The normalized spacial score (nSPS) is 12.3. The van der Waals surface area contributed by atoms with Crippen LogP contribution in [0, 0.1) is 0 Å². The molecule has 1 atom stereocenters. The molecule has 0 aliphatic heterocycles. The third kappa shape index (κ3) is 3.91. The number of imidazole rings is 1. The highest BCUT2D eigenvalue weighted by Gasteiger charge is 2.08. The van der Waals surface area contributed by atoms with Crippen LogP contribution in [0.4, 0.5) is 11.9 Å². The summed E-state index contributed by atoms with van der Waals surface area (Å²) in [7, 11) is 0. The van der Waals surface area contributed by atoms with Crippen LogP contribution >= 0.6 is 0 Å². The summed E-state index contributed by atoms with van der Waals surface area (Å²) < 4.78 is 1.70. The molecule has 0 aliphatic carbocycles. The van der Waals surface area contributed by atoms with Crippen molar-refractivity contribution in [2.45, 2.75) is 45.6 Å². The van der Waals surface area contributed by atoms with Gasteiger partial charge in [-0.25, -0.2) is 4.98 Å². The number of rotatable bonds is 7. The molecular weight excluding hydrogens is 254 g/mol. The lowest BCUT2D eigenvalue weighted by Gasteiger charge is -2.14. The Morgan fingerprint density at radius 1 is 1.30 bits per heavy atom. The van der Waals surface area contributed by atoms with Crippen LogP contribution in [0.3, 0.4) is 0 Å². The highest BCUT2D eigenvalue weighted by Crippen LogP contribution is 2.11. The van der Waals surface area contributed by atoms with E-state index in [2.05, 4.69) is 39.1 Å². The number of aromatic nitrogens is 5. The smallest absolute Gasteiger partial charge is 0.241 e. The first-order chi connectivity index (χ1) is 9.69. The van der Waals surface area contributed by atoms with E-state index in [-0.39, 0.29) is 5.95 Å². The van der Waals surface area contributed by atoms with E-state index < -0.39 is 0 Å². The molecule has 0 saturated carbocycles. The number of nitrogens with zero attached hydrogens (tertiary/aromatic N) is 5. The molecule has 0 aromatic carbocycles. The molecular formula is C13H21N7. The van der Waals surface area contributed by atoms with E-state index >= 15 is 0 Å². The first kappa shape index (κ1) is 14.2. The third-order valence-electron chi connectivity index (χ3n) is 2.99. The second kappa shape index (κ2) is 6.83. The van der Waals surface area contributed by atoms with Gasteiger partial charge in [0.1, 0.15) is 6.33 Å². The van der Waals surface area contributed by atoms with Crippen LogP contribution in [-0.4, -0.2) is 30.5 Å². The predicted molar refractivity (Wildman–Crippen MR) is 78.6 cm³/mol. The van der Waals surface area contributed by atoms with Crippen molar-refractivity contribution in [3.05, 3.63) is 18.7 Å². The van der Waals surface area contributed by atoms with Gasteiger partial charge >= 0.3 is 0 Å². The van der Waals surface area contributed by atoms with Crippen LogP contribution < -0.4 is 11.1 Å². The first-order valence-electron chi connectivity index (χ1n) is 6.95. The van der Waals surface area contributed by atoms with Crippen LogP contribution in [0.1, 0.15) is 39.5 Å². The van der Waals surface area contributed by atoms with Gasteiger partial charge in [0.2, 0.25) is 17.8 Å². The number of hydrogen-bond donors (Lipinski definition) is 2. The molecule has 0 saturated heterocycles. The zero-order chi connectivity index (χ0) is 14.4. The monoisotopic (exact) mass is 275 g/mol. The van der Waals surface area contributed by atoms with Gasteiger partial charge in [-0.15, -0.1) is 0 Å². The van der Waals surface area contributed by atoms with Gasteiger partial charge < -0.3 is 11.1 Å². The quantitative estimate of drug-likeness (QED) is 0.751. The minimum atomic E-state index is 0.201.